The Morgan fingerprint density at radius 3 is 2.52 bits per heavy atom. The summed E-state index contributed by atoms with van der Waals surface area (Å²) in [6.45, 7) is 2.63. The lowest BCUT2D eigenvalue weighted by Crippen LogP contribution is -2.32. The molecule has 0 unspecified atom stereocenters. The number of anilines is 1. The van der Waals surface area contributed by atoms with E-state index in [0.717, 1.165) is 11.3 Å². The molecule has 0 aliphatic carbocycles. The largest absolute Gasteiger partial charge is 0.475 e. The van der Waals surface area contributed by atoms with E-state index in [0.29, 0.717) is 23.1 Å². The number of amides is 2. The fraction of sp³-hybridized carbons (Fsp3) is 0.150. The summed E-state index contributed by atoms with van der Waals surface area (Å²) in [4.78, 5) is 11.8. The monoisotopic (exact) mass is 382 g/mol. The predicted molar refractivity (Wildman–Crippen MR) is 106 cm³/mol. The first-order chi connectivity index (χ1) is 13.1. The van der Waals surface area contributed by atoms with E-state index in [4.69, 9.17) is 16.3 Å². The van der Waals surface area contributed by atoms with Crippen LogP contribution in [0.15, 0.2) is 60.7 Å². The number of urea groups is 1. The van der Waals surface area contributed by atoms with Crippen molar-refractivity contribution in [1.29, 1.82) is 0 Å². The number of aryl methyl sites for hydroxylation is 1. The Kier molecular flexibility index (Phi) is 6.22. The van der Waals surface area contributed by atoms with Crippen molar-refractivity contribution in [3.05, 3.63) is 71.2 Å². The first-order valence-corrected chi connectivity index (χ1v) is 8.82. The van der Waals surface area contributed by atoms with Gasteiger partial charge in [0.1, 0.15) is 6.61 Å². The van der Waals surface area contributed by atoms with Crippen LogP contribution in [0.25, 0.3) is 11.3 Å². The summed E-state index contributed by atoms with van der Waals surface area (Å²) >= 11 is 5.99. The van der Waals surface area contributed by atoms with Crippen molar-refractivity contribution in [3.8, 4) is 17.1 Å². The lowest BCUT2D eigenvalue weighted by Gasteiger charge is -2.09. The quantitative estimate of drug-likeness (QED) is 0.623. The summed E-state index contributed by atoms with van der Waals surface area (Å²) in [5, 5.41) is 14.1. The van der Waals surface area contributed by atoms with Crippen molar-refractivity contribution in [1.82, 2.24) is 15.5 Å². The Hall–Kier alpha value is -3.12. The average Bonchev–Trinajstić information content (AvgIpc) is 2.68. The molecule has 0 aliphatic rings. The lowest BCUT2D eigenvalue weighted by atomic mass is 10.1. The number of benzene rings is 2. The van der Waals surface area contributed by atoms with Gasteiger partial charge in [0, 0.05) is 11.6 Å². The number of hydrogen-bond acceptors (Lipinski definition) is 4. The molecule has 0 atom stereocenters. The molecule has 0 aliphatic heterocycles. The van der Waals surface area contributed by atoms with Crippen LogP contribution in [0.3, 0.4) is 0 Å². The second kappa shape index (κ2) is 9.00. The van der Waals surface area contributed by atoms with Crippen molar-refractivity contribution in [2.75, 3.05) is 18.5 Å². The Bertz CT molecular complexity index is 899. The van der Waals surface area contributed by atoms with Gasteiger partial charge in [-0.2, -0.15) is 0 Å². The second-order valence-electron chi connectivity index (χ2n) is 5.83. The summed E-state index contributed by atoms with van der Waals surface area (Å²) in [5.74, 6) is 0.402. The van der Waals surface area contributed by atoms with Gasteiger partial charge in [-0.3, -0.25) is 0 Å². The molecule has 7 heteroatoms. The van der Waals surface area contributed by atoms with E-state index < -0.39 is 0 Å². The van der Waals surface area contributed by atoms with Crippen LogP contribution in [-0.2, 0) is 0 Å². The number of ether oxygens (including phenoxy) is 1. The van der Waals surface area contributed by atoms with Crippen LogP contribution in [0.5, 0.6) is 5.88 Å². The Morgan fingerprint density at radius 2 is 1.81 bits per heavy atom. The molecular weight excluding hydrogens is 364 g/mol. The SMILES string of the molecule is Cc1ccc(-c2ccc(OCCNC(=O)Nc3ccccc3Cl)nn2)cc1. The third kappa shape index (κ3) is 5.43. The van der Waals surface area contributed by atoms with E-state index >= 15 is 0 Å². The Labute approximate surface area is 162 Å². The van der Waals surface area contributed by atoms with E-state index in [-0.39, 0.29) is 12.6 Å². The summed E-state index contributed by atoms with van der Waals surface area (Å²) in [6.07, 6.45) is 0. The van der Waals surface area contributed by atoms with Gasteiger partial charge in [0.25, 0.3) is 0 Å². The number of halogens is 1. The molecule has 1 heterocycles. The summed E-state index contributed by atoms with van der Waals surface area (Å²) in [7, 11) is 0. The van der Waals surface area contributed by atoms with Crippen LogP contribution >= 0.6 is 11.6 Å². The van der Waals surface area contributed by atoms with Gasteiger partial charge in [0.2, 0.25) is 5.88 Å². The fourth-order valence-corrected chi connectivity index (χ4v) is 2.51. The third-order valence-electron chi connectivity index (χ3n) is 3.75. The number of rotatable bonds is 6. The number of nitrogens with zero attached hydrogens (tertiary/aromatic N) is 2. The molecule has 138 valence electrons. The molecule has 2 N–H and O–H groups in total. The molecular formula is C20H19ClN4O2. The van der Waals surface area contributed by atoms with Gasteiger partial charge >= 0.3 is 6.03 Å². The van der Waals surface area contributed by atoms with E-state index in [1.165, 1.54) is 5.56 Å². The van der Waals surface area contributed by atoms with Crippen molar-refractivity contribution < 1.29 is 9.53 Å². The van der Waals surface area contributed by atoms with E-state index in [2.05, 4.69) is 20.8 Å². The minimum atomic E-state index is -0.354. The van der Waals surface area contributed by atoms with Gasteiger partial charge in [0.05, 0.1) is 22.9 Å². The Morgan fingerprint density at radius 1 is 1.04 bits per heavy atom. The van der Waals surface area contributed by atoms with Crippen LogP contribution in [0.1, 0.15) is 5.56 Å². The zero-order chi connectivity index (χ0) is 19.1. The molecule has 0 saturated heterocycles. The number of carbonyl (C=O) groups excluding carboxylic acids is 1. The van der Waals surface area contributed by atoms with Crippen molar-refractivity contribution in [2.45, 2.75) is 6.92 Å². The maximum Gasteiger partial charge on any atom is 0.319 e. The number of para-hydroxylation sites is 1. The van der Waals surface area contributed by atoms with E-state index in [9.17, 15) is 4.79 Å². The molecule has 2 aromatic carbocycles. The lowest BCUT2D eigenvalue weighted by molar-refractivity contribution is 0.246. The first-order valence-electron chi connectivity index (χ1n) is 8.45. The smallest absolute Gasteiger partial charge is 0.319 e. The summed E-state index contributed by atoms with van der Waals surface area (Å²) in [5.41, 5.74) is 3.52. The minimum absolute atomic E-state index is 0.272. The van der Waals surface area contributed by atoms with Crippen LogP contribution in [0.4, 0.5) is 10.5 Å². The zero-order valence-electron chi connectivity index (χ0n) is 14.8. The molecule has 0 saturated carbocycles. The molecule has 3 rings (SSSR count). The second-order valence-corrected chi connectivity index (χ2v) is 6.24. The number of aromatic nitrogens is 2. The van der Waals surface area contributed by atoms with Crippen molar-refractivity contribution >= 4 is 23.3 Å². The molecule has 0 fully saturated rings. The number of hydrogen-bond donors (Lipinski definition) is 2. The molecule has 0 spiro atoms. The van der Waals surface area contributed by atoms with Crippen LogP contribution in [0, 0.1) is 6.92 Å². The average molecular weight is 383 g/mol. The molecule has 2 amide bonds. The standard InChI is InChI=1S/C20H19ClN4O2/c1-14-6-8-15(9-7-14)17-10-11-19(25-24-17)27-13-12-22-20(26)23-18-5-3-2-4-16(18)21/h2-11H,12-13H2,1H3,(H2,22,23,26). The molecule has 0 radical (unpaired) electrons. The van der Waals surface area contributed by atoms with E-state index in [1.807, 2.05) is 37.3 Å². The van der Waals surface area contributed by atoms with Crippen LogP contribution in [-0.4, -0.2) is 29.4 Å². The van der Waals surface area contributed by atoms with Gasteiger partial charge < -0.3 is 15.4 Å². The number of carbonyl (C=O) groups is 1. The maximum atomic E-state index is 11.8. The van der Waals surface area contributed by atoms with Gasteiger partial charge in [0.15, 0.2) is 0 Å². The highest BCUT2D eigenvalue weighted by atomic mass is 35.5. The topological polar surface area (TPSA) is 76.1 Å². The molecule has 6 nitrogen and oxygen atoms in total. The third-order valence-corrected chi connectivity index (χ3v) is 4.08. The van der Waals surface area contributed by atoms with Crippen LogP contribution in [0.2, 0.25) is 5.02 Å². The fourth-order valence-electron chi connectivity index (χ4n) is 2.32. The highest BCUT2D eigenvalue weighted by Crippen LogP contribution is 2.20. The highest BCUT2D eigenvalue weighted by Gasteiger charge is 2.05. The predicted octanol–water partition coefficient (Wildman–Crippen LogP) is 4.31. The molecule has 1 aromatic heterocycles. The van der Waals surface area contributed by atoms with Gasteiger partial charge in [-0.25, -0.2) is 4.79 Å². The summed E-state index contributed by atoms with van der Waals surface area (Å²) < 4.78 is 5.50. The maximum absolute atomic E-state index is 11.8. The highest BCUT2D eigenvalue weighted by molar-refractivity contribution is 6.33. The van der Waals surface area contributed by atoms with Gasteiger partial charge in [-0.15, -0.1) is 10.2 Å². The first kappa shape index (κ1) is 18.7. The molecule has 0 bridgehead atoms. The van der Waals surface area contributed by atoms with Crippen molar-refractivity contribution in [3.63, 3.8) is 0 Å². The Balaban J connectivity index is 1.43. The molecule has 27 heavy (non-hydrogen) atoms. The zero-order valence-corrected chi connectivity index (χ0v) is 15.5. The van der Waals surface area contributed by atoms with Crippen LogP contribution < -0.4 is 15.4 Å². The van der Waals surface area contributed by atoms with Gasteiger partial charge in [-0.1, -0.05) is 53.6 Å². The van der Waals surface area contributed by atoms with Crippen molar-refractivity contribution in [2.24, 2.45) is 0 Å². The summed E-state index contributed by atoms with van der Waals surface area (Å²) in [6, 6.07) is 18.3. The van der Waals surface area contributed by atoms with E-state index in [1.54, 1.807) is 30.3 Å². The minimum Gasteiger partial charge on any atom is -0.475 e. The molecule has 3 aromatic rings. The van der Waals surface area contributed by atoms with Gasteiger partial charge in [-0.05, 0) is 25.1 Å². The number of nitrogens with one attached hydrogen (secondary N) is 2. The normalized spacial score (nSPS) is 10.3.